The van der Waals surface area contributed by atoms with Crippen LogP contribution in [0.5, 0.6) is 0 Å². The Labute approximate surface area is 131 Å². The number of amides is 2. The second-order valence-corrected chi connectivity index (χ2v) is 5.71. The Kier molecular flexibility index (Phi) is 7.08. The van der Waals surface area contributed by atoms with Gasteiger partial charge >= 0.3 is 0 Å². The summed E-state index contributed by atoms with van der Waals surface area (Å²) in [7, 11) is 1.60. The molecule has 0 radical (unpaired) electrons. The van der Waals surface area contributed by atoms with E-state index in [4.69, 9.17) is 14.2 Å². The van der Waals surface area contributed by atoms with E-state index in [0.29, 0.717) is 32.9 Å². The Morgan fingerprint density at radius 3 is 2.64 bits per heavy atom. The molecule has 22 heavy (non-hydrogen) atoms. The summed E-state index contributed by atoms with van der Waals surface area (Å²) in [5, 5.41) is 3.03. The third-order valence-electron chi connectivity index (χ3n) is 4.07. The number of rotatable bonds is 7. The first-order valence-electron chi connectivity index (χ1n) is 7.97. The van der Waals surface area contributed by atoms with Crippen LogP contribution in [0.3, 0.4) is 0 Å². The average Bonchev–Trinajstić information content (AvgIpc) is 3.06. The molecule has 7 heteroatoms. The van der Waals surface area contributed by atoms with Crippen molar-refractivity contribution in [1.29, 1.82) is 0 Å². The van der Waals surface area contributed by atoms with Gasteiger partial charge in [0.25, 0.3) is 0 Å². The minimum atomic E-state index is -0.283. The smallest absolute Gasteiger partial charge is 0.249 e. The minimum Gasteiger partial charge on any atom is -0.382 e. The molecule has 1 N–H and O–H groups in total. The van der Waals surface area contributed by atoms with E-state index in [9.17, 15) is 9.59 Å². The van der Waals surface area contributed by atoms with E-state index < -0.39 is 0 Å². The van der Waals surface area contributed by atoms with Gasteiger partial charge < -0.3 is 24.4 Å². The zero-order chi connectivity index (χ0) is 15.8. The molecule has 0 bridgehead atoms. The predicted octanol–water partition coefficient (Wildman–Crippen LogP) is -0.0644. The lowest BCUT2D eigenvalue weighted by Gasteiger charge is -2.32. The zero-order valence-electron chi connectivity index (χ0n) is 13.2. The molecule has 2 aliphatic heterocycles. The van der Waals surface area contributed by atoms with E-state index in [0.717, 1.165) is 25.7 Å². The number of nitrogens with zero attached hydrogens (tertiary/aromatic N) is 1. The second kappa shape index (κ2) is 9.07. The molecule has 2 aliphatic rings. The molecule has 0 spiro atoms. The molecule has 0 aromatic heterocycles. The lowest BCUT2D eigenvalue weighted by atomic mass is 10.0. The van der Waals surface area contributed by atoms with Crippen LogP contribution in [0.1, 0.15) is 25.7 Å². The number of piperidine rings is 1. The number of carbonyl (C=O) groups excluding carboxylic acids is 2. The maximum absolute atomic E-state index is 12.0. The summed E-state index contributed by atoms with van der Waals surface area (Å²) in [5.74, 6) is -0.00909. The SMILES string of the molecule is COCCOCC(=O)N1CCC(NC(=O)C2CCCO2)CC1. The van der Waals surface area contributed by atoms with Crippen molar-refractivity contribution in [3.05, 3.63) is 0 Å². The van der Waals surface area contributed by atoms with Gasteiger partial charge in [0, 0.05) is 32.8 Å². The van der Waals surface area contributed by atoms with E-state index in [1.807, 2.05) is 0 Å². The van der Waals surface area contributed by atoms with E-state index >= 15 is 0 Å². The minimum absolute atomic E-state index is 0.00000541. The summed E-state index contributed by atoms with van der Waals surface area (Å²) in [6, 6.07) is 0.134. The molecule has 7 nitrogen and oxygen atoms in total. The van der Waals surface area contributed by atoms with Crippen LogP contribution in [0.25, 0.3) is 0 Å². The zero-order valence-corrected chi connectivity index (χ0v) is 13.2. The average molecular weight is 314 g/mol. The first kappa shape index (κ1) is 17.2. The summed E-state index contributed by atoms with van der Waals surface area (Å²) in [6.07, 6.45) is 3.04. The number of hydrogen-bond donors (Lipinski definition) is 1. The van der Waals surface area contributed by atoms with Crippen molar-refractivity contribution in [2.24, 2.45) is 0 Å². The van der Waals surface area contributed by atoms with Crippen molar-refractivity contribution in [3.8, 4) is 0 Å². The Bertz CT molecular complexity index is 363. The molecule has 2 amide bonds. The van der Waals surface area contributed by atoms with Crippen LogP contribution in [-0.4, -0.2) is 75.5 Å². The fraction of sp³-hybridized carbons (Fsp3) is 0.867. The van der Waals surface area contributed by atoms with Gasteiger partial charge in [-0.3, -0.25) is 9.59 Å². The Hall–Kier alpha value is -1.18. The molecule has 0 aromatic carbocycles. The van der Waals surface area contributed by atoms with Gasteiger partial charge in [-0.1, -0.05) is 0 Å². The highest BCUT2D eigenvalue weighted by Crippen LogP contribution is 2.15. The molecule has 1 unspecified atom stereocenters. The predicted molar refractivity (Wildman–Crippen MR) is 79.4 cm³/mol. The van der Waals surface area contributed by atoms with E-state index in [2.05, 4.69) is 5.32 Å². The van der Waals surface area contributed by atoms with E-state index in [1.165, 1.54) is 0 Å². The quantitative estimate of drug-likeness (QED) is 0.666. The van der Waals surface area contributed by atoms with E-state index in [1.54, 1.807) is 12.0 Å². The van der Waals surface area contributed by atoms with Crippen LogP contribution in [-0.2, 0) is 23.8 Å². The maximum atomic E-state index is 12.0. The Morgan fingerprint density at radius 2 is 2.00 bits per heavy atom. The maximum Gasteiger partial charge on any atom is 0.249 e. The molecule has 2 saturated heterocycles. The van der Waals surface area contributed by atoms with Crippen molar-refractivity contribution in [3.63, 3.8) is 0 Å². The lowest BCUT2D eigenvalue weighted by molar-refractivity contribution is -0.138. The van der Waals surface area contributed by atoms with Crippen molar-refractivity contribution in [1.82, 2.24) is 10.2 Å². The molecular weight excluding hydrogens is 288 g/mol. The van der Waals surface area contributed by atoms with Crippen molar-refractivity contribution in [2.45, 2.75) is 37.8 Å². The van der Waals surface area contributed by atoms with Crippen LogP contribution in [0, 0.1) is 0 Å². The highest BCUT2D eigenvalue weighted by Gasteiger charge is 2.28. The Morgan fingerprint density at radius 1 is 1.23 bits per heavy atom. The van der Waals surface area contributed by atoms with Crippen LogP contribution in [0.4, 0.5) is 0 Å². The summed E-state index contributed by atoms with van der Waals surface area (Å²) in [4.78, 5) is 25.7. The van der Waals surface area contributed by atoms with Crippen LogP contribution < -0.4 is 5.32 Å². The van der Waals surface area contributed by atoms with Crippen molar-refractivity contribution < 1.29 is 23.8 Å². The number of nitrogens with one attached hydrogen (secondary N) is 1. The number of methoxy groups -OCH3 is 1. The van der Waals surface area contributed by atoms with Crippen molar-refractivity contribution in [2.75, 3.05) is 46.6 Å². The molecule has 2 rings (SSSR count). The summed E-state index contributed by atoms with van der Waals surface area (Å²) in [6.45, 7) is 3.00. The van der Waals surface area contributed by atoms with E-state index in [-0.39, 0.29) is 30.6 Å². The molecule has 126 valence electrons. The van der Waals surface area contributed by atoms with Gasteiger partial charge in [0.2, 0.25) is 11.8 Å². The fourth-order valence-corrected chi connectivity index (χ4v) is 2.74. The highest BCUT2D eigenvalue weighted by atomic mass is 16.5. The van der Waals surface area contributed by atoms with Crippen LogP contribution in [0.2, 0.25) is 0 Å². The number of hydrogen-bond acceptors (Lipinski definition) is 5. The normalized spacial score (nSPS) is 22.8. The first-order chi connectivity index (χ1) is 10.7. The molecule has 2 heterocycles. The Balaban J connectivity index is 1.62. The molecule has 1 atom stereocenters. The van der Waals surface area contributed by atoms with Gasteiger partial charge in [0.05, 0.1) is 13.2 Å². The first-order valence-corrected chi connectivity index (χ1v) is 7.97. The van der Waals surface area contributed by atoms with Gasteiger partial charge in [0.15, 0.2) is 0 Å². The second-order valence-electron chi connectivity index (χ2n) is 5.71. The van der Waals surface area contributed by atoms with Crippen LogP contribution in [0.15, 0.2) is 0 Å². The van der Waals surface area contributed by atoms with Crippen LogP contribution >= 0.6 is 0 Å². The number of carbonyl (C=O) groups is 2. The standard InChI is InChI=1S/C15H26N2O5/c1-20-9-10-21-11-14(18)17-6-4-12(5-7-17)16-15(19)13-3-2-8-22-13/h12-13H,2-11H2,1H3,(H,16,19). The molecular formula is C15H26N2O5. The topological polar surface area (TPSA) is 77.1 Å². The van der Waals surface area contributed by atoms with Gasteiger partial charge in [-0.2, -0.15) is 0 Å². The molecule has 0 aliphatic carbocycles. The summed E-state index contributed by atoms with van der Waals surface area (Å²) in [5.41, 5.74) is 0. The molecule has 0 saturated carbocycles. The molecule has 2 fully saturated rings. The van der Waals surface area contributed by atoms with Gasteiger partial charge in [-0.05, 0) is 25.7 Å². The number of likely N-dealkylation sites (tertiary alicyclic amines) is 1. The third kappa shape index (κ3) is 5.23. The fourth-order valence-electron chi connectivity index (χ4n) is 2.74. The lowest BCUT2D eigenvalue weighted by Crippen LogP contribution is -2.49. The number of ether oxygens (including phenoxy) is 3. The van der Waals surface area contributed by atoms with Gasteiger partial charge in [0.1, 0.15) is 12.7 Å². The largest absolute Gasteiger partial charge is 0.382 e. The highest BCUT2D eigenvalue weighted by molar-refractivity contribution is 5.81. The van der Waals surface area contributed by atoms with Gasteiger partial charge in [-0.15, -0.1) is 0 Å². The monoisotopic (exact) mass is 314 g/mol. The summed E-state index contributed by atoms with van der Waals surface area (Å²) >= 11 is 0. The molecule has 0 aromatic rings. The van der Waals surface area contributed by atoms with Gasteiger partial charge in [-0.25, -0.2) is 0 Å². The summed E-state index contributed by atoms with van der Waals surface area (Å²) < 4.78 is 15.5. The third-order valence-corrected chi connectivity index (χ3v) is 4.07. The van der Waals surface area contributed by atoms with Crippen molar-refractivity contribution >= 4 is 11.8 Å².